The highest BCUT2D eigenvalue weighted by atomic mass is 32.2. The van der Waals surface area contributed by atoms with Crippen molar-refractivity contribution in [2.24, 2.45) is 5.73 Å². The summed E-state index contributed by atoms with van der Waals surface area (Å²) >= 11 is 1.92. The van der Waals surface area contributed by atoms with Gasteiger partial charge in [-0.25, -0.2) is 0 Å². The van der Waals surface area contributed by atoms with Crippen LogP contribution < -0.4 is 5.73 Å². The van der Waals surface area contributed by atoms with Crippen molar-refractivity contribution in [2.45, 2.75) is 23.8 Å². The number of hydrogen-bond donors (Lipinski definition) is 1. The predicted molar refractivity (Wildman–Crippen MR) is 77.5 cm³/mol. The minimum absolute atomic E-state index is 0.500. The fraction of sp³-hybridized carbons (Fsp3) is 0.333. The molecule has 0 saturated carbocycles. The van der Waals surface area contributed by atoms with Gasteiger partial charge in [-0.05, 0) is 37.1 Å². The van der Waals surface area contributed by atoms with Gasteiger partial charge in [0.25, 0.3) is 0 Å². The molecule has 0 radical (unpaired) electrons. The van der Waals surface area contributed by atoms with E-state index in [1.54, 1.807) is 6.26 Å². The van der Waals surface area contributed by atoms with Crippen LogP contribution in [0, 0.1) is 0 Å². The molecule has 0 bridgehead atoms. The molecule has 96 valence electrons. The number of thioether (sulfide) groups is 1. The van der Waals surface area contributed by atoms with E-state index in [9.17, 15) is 0 Å². The molecule has 0 aliphatic rings. The van der Waals surface area contributed by atoms with Gasteiger partial charge in [0.05, 0.1) is 12.0 Å². The molecule has 1 aromatic heterocycles. The van der Waals surface area contributed by atoms with Gasteiger partial charge in [0.15, 0.2) is 0 Å². The Bertz CT molecular complexity index is 427. The van der Waals surface area contributed by atoms with Crippen LogP contribution in [-0.2, 0) is 5.75 Å². The maximum Gasteiger partial charge on any atom is 0.113 e. The Balaban J connectivity index is 1.96. The highest BCUT2D eigenvalue weighted by molar-refractivity contribution is 7.98. The molecule has 1 atom stereocenters. The zero-order valence-electron chi connectivity index (χ0n) is 10.4. The first kappa shape index (κ1) is 13.2. The first-order valence-corrected chi connectivity index (χ1v) is 7.34. The van der Waals surface area contributed by atoms with Crippen molar-refractivity contribution in [3.05, 3.63) is 60.1 Å². The lowest BCUT2D eigenvalue weighted by Crippen LogP contribution is -2.02. The van der Waals surface area contributed by atoms with Gasteiger partial charge in [-0.2, -0.15) is 0 Å². The zero-order chi connectivity index (χ0) is 12.6. The van der Waals surface area contributed by atoms with Crippen molar-refractivity contribution in [2.75, 3.05) is 6.54 Å². The van der Waals surface area contributed by atoms with Gasteiger partial charge in [0.1, 0.15) is 5.76 Å². The van der Waals surface area contributed by atoms with Crippen LogP contribution in [0.25, 0.3) is 0 Å². The third kappa shape index (κ3) is 3.93. The molecule has 0 spiro atoms. The summed E-state index contributed by atoms with van der Waals surface area (Å²) in [6.45, 7) is 0.755. The Morgan fingerprint density at radius 3 is 2.61 bits per heavy atom. The van der Waals surface area contributed by atoms with Crippen LogP contribution >= 0.6 is 11.8 Å². The lowest BCUT2D eigenvalue weighted by atomic mass is 10.1. The van der Waals surface area contributed by atoms with Crippen LogP contribution in [0.4, 0.5) is 0 Å². The van der Waals surface area contributed by atoms with E-state index in [4.69, 9.17) is 10.2 Å². The molecule has 0 fully saturated rings. The third-order valence-corrected chi connectivity index (χ3v) is 4.21. The van der Waals surface area contributed by atoms with E-state index in [0.717, 1.165) is 30.9 Å². The van der Waals surface area contributed by atoms with Crippen LogP contribution in [-0.4, -0.2) is 6.54 Å². The summed E-state index contributed by atoms with van der Waals surface area (Å²) in [5.41, 5.74) is 7.00. The van der Waals surface area contributed by atoms with Crippen molar-refractivity contribution in [1.82, 2.24) is 0 Å². The van der Waals surface area contributed by atoms with Gasteiger partial charge in [0.2, 0.25) is 0 Å². The topological polar surface area (TPSA) is 39.2 Å². The van der Waals surface area contributed by atoms with Crippen molar-refractivity contribution in [3.8, 4) is 0 Å². The van der Waals surface area contributed by atoms with Crippen molar-refractivity contribution >= 4 is 11.8 Å². The average molecular weight is 261 g/mol. The summed E-state index contributed by atoms with van der Waals surface area (Å²) in [4.78, 5) is 0. The van der Waals surface area contributed by atoms with Crippen LogP contribution in [0.5, 0.6) is 0 Å². The second-order valence-corrected chi connectivity index (χ2v) is 5.41. The van der Waals surface area contributed by atoms with E-state index in [1.165, 1.54) is 5.56 Å². The standard InChI is InChI=1S/C15H19NOS/c16-10-4-9-15(13-6-2-1-3-7-13)18-12-14-8-5-11-17-14/h1-3,5-8,11,15H,4,9-10,12,16H2. The minimum Gasteiger partial charge on any atom is -0.468 e. The largest absolute Gasteiger partial charge is 0.468 e. The Labute approximate surface area is 113 Å². The van der Waals surface area contributed by atoms with Crippen molar-refractivity contribution < 1.29 is 4.42 Å². The van der Waals surface area contributed by atoms with Crippen molar-refractivity contribution in [3.63, 3.8) is 0 Å². The number of rotatable bonds is 7. The summed E-state index contributed by atoms with van der Waals surface area (Å²) in [5, 5.41) is 0.500. The summed E-state index contributed by atoms with van der Waals surface area (Å²) in [6.07, 6.45) is 3.91. The molecule has 2 rings (SSSR count). The van der Waals surface area contributed by atoms with E-state index in [0.29, 0.717) is 5.25 Å². The van der Waals surface area contributed by atoms with Gasteiger partial charge >= 0.3 is 0 Å². The number of hydrogen-bond acceptors (Lipinski definition) is 3. The summed E-state index contributed by atoms with van der Waals surface area (Å²) < 4.78 is 5.38. The molecular formula is C15H19NOS. The molecule has 0 aliphatic heterocycles. The molecule has 1 heterocycles. The second-order valence-electron chi connectivity index (χ2n) is 4.22. The highest BCUT2D eigenvalue weighted by Gasteiger charge is 2.12. The summed E-state index contributed by atoms with van der Waals surface area (Å²) in [5.74, 6) is 1.95. The molecule has 18 heavy (non-hydrogen) atoms. The number of benzene rings is 1. The SMILES string of the molecule is NCCCC(SCc1ccco1)c1ccccc1. The van der Waals surface area contributed by atoms with Crippen LogP contribution in [0.15, 0.2) is 53.1 Å². The van der Waals surface area contributed by atoms with Crippen LogP contribution in [0.1, 0.15) is 29.4 Å². The average Bonchev–Trinajstić information content (AvgIpc) is 2.93. The Kier molecular flexibility index (Phi) is 5.36. The van der Waals surface area contributed by atoms with Gasteiger partial charge in [-0.1, -0.05) is 30.3 Å². The molecule has 1 unspecified atom stereocenters. The van der Waals surface area contributed by atoms with E-state index in [-0.39, 0.29) is 0 Å². The minimum atomic E-state index is 0.500. The Hall–Kier alpha value is -1.19. The molecule has 2 aromatic rings. The second kappa shape index (κ2) is 7.29. The molecule has 2 N–H and O–H groups in total. The monoisotopic (exact) mass is 261 g/mol. The zero-order valence-corrected chi connectivity index (χ0v) is 11.2. The maximum absolute atomic E-state index is 5.62. The lowest BCUT2D eigenvalue weighted by molar-refractivity contribution is 0.530. The molecular weight excluding hydrogens is 242 g/mol. The van der Waals surface area contributed by atoms with Crippen LogP contribution in [0.3, 0.4) is 0 Å². The van der Waals surface area contributed by atoms with Gasteiger partial charge in [0, 0.05) is 5.25 Å². The highest BCUT2D eigenvalue weighted by Crippen LogP contribution is 2.35. The van der Waals surface area contributed by atoms with E-state index < -0.39 is 0 Å². The molecule has 0 aliphatic carbocycles. The molecule has 2 nitrogen and oxygen atoms in total. The number of furan rings is 1. The van der Waals surface area contributed by atoms with Crippen molar-refractivity contribution in [1.29, 1.82) is 0 Å². The van der Waals surface area contributed by atoms with Crippen LogP contribution in [0.2, 0.25) is 0 Å². The quantitative estimate of drug-likeness (QED) is 0.819. The normalized spacial score (nSPS) is 12.5. The maximum atomic E-state index is 5.62. The molecule has 0 saturated heterocycles. The fourth-order valence-corrected chi connectivity index (χ4v) is 3.11. The predicted octanol–water partition coefficient (Wildman–Crippen LogP) is 3.99. The number of nitrogens with two attached hydrogens (primary N) is 1. The Morgan fingerprint density at radius 1 is 1.11 bits per heavy atom. The van der Waals surface area contributed by atoms with Gasteiger partial charge in [-0.3, -0.25) is 0 Å². The first-order chi connectivity index (χ1) is 8.90. The smallest absolute Gasteiger partial charge is 0.113 e. The third-order valence-electron chi connectivity index (χ3n) is 2.85. The fourth-order valence-electron chi connectivity index (χ4n) is 1.89. The Morgan fingerprint density at radius 2 is 1.94 bits per heavy atom. The van der Waals surface area contributed by atoms with Gasteiger partial charge in [-0.15, -0.1) is 11.8 Å². The molecule has 3 heteroatoms. The summed E-state index contributed by atoms with van der Waals surface area (Å²) in [6, 6.07) is 14.6. The molecule has 0 amide bonds. The molecule has 1 aromatic carbocycles. The lowest BCUT2D eigenvalue weighted by Gasteiger charge is -2.16. The van der Waals surface area contributed by atoms with E-state index >= 15 is 0 Å². The first-order valence-electron chi connectivity index (χ1n) is 6.29. The summed E-state index contributed by atoms with van der Waals surface area (Å²) in [7, 11) is 0. The van der Waals surface area contributed by atoms with E-state index in [2.05, 4.69) is 30.3 Å². The van der Waals surface area contributed by atoms with Gasteiger partial charge < -0.3 is 10.2 Å². The van der Waals surface area contributed by atoms with E-state index in [1.807, 2.05) is 23.9 Å².